The van der Waals surface area contributed by atoms with Crippen LogP contribution in [-0.2, 0) is 16.1 Å². The third kappa shape index (κ3) is 6.33. The smallest absolute Gasteiger partial charge is 0.166 e. The average Bonchev–Trinajstić information content (AvgIpc) is 3.44. The van der Waals surface area contributed by atoms with E-state index in [4.69, 9.17) is 4.74 Å². The molecular formula is C33H40N4O4S2. The molecule has 0 spiro atoms. The van der Waals surface area contributed by atoms with Crippen molar-refractivity contribution in [2.75, 3.05) is 19.4 Å². The van der Waals surface area contributed by atoms with E-state index < -0.39 is 0 Å². The highest BCUT2D eigenvalue weighted by Gasteiger charge is 2.44. The first kappa shape index (κ1) is 30.1. The van der Waals surface area contributed by atoms with Crippen LogP contribution in [-0.4, -0.2) is 56.5 Å². The number of hydrogen-bond donors (Lipinski definition) is 3. The largest absolute Gasteiger partial charge is 0.504 e. The van der Waals surface area contributed by atoms with E-state index in [1.807, 2.05) is 52.5 Å². The molecule has 1 aliphatic carbocycles. The Morgan fingerprint density at radius 2 is 2.09 bits per heavy atom. The molecule has 1 fully saturated rings. The summed E-state index contributed by atoms with van der Waals surface area (Å²) in [7, 11) is 5.39. The van der Waals surface area contributed by atoms with Crippen molar-refractivity contribution in [3.8, 4) is 11.5 Å². The Morgan fingerprint density at radius 1 is 1.21 bits per heavy atom. The van der Waals surface area contributed by atoms with Crippen molar-refractivity contribution >= 4 is 39.2 Å². The maximum Gasteiger partial charge on any atom is 0.166 e. The molecule has 0 radical (unpaired) electrons. The highest BCUT2D eigenvalue weighted by atomic mass is 33.1. The number of nitrogens with zero attached hydrogens (tertiary/aromatic N) is 2. The van der Waals surface area contributed by atoms with E-state index in [1.54, 1.807) is 6.07 Å². The maximum absolute atomic E-state index is 13.5. The Hall–Kier alpha value is -2.95. The quantitative estimate of drug-likeness (QED) is 0.291. The molecule has 4 heterocycles. The van der Waals surface area contributed by atoms with Crippen LogP contribution in [0.15, 0.2) is 59.8 Å². The highest BCUT2D eigenvalue weighted by Crippen LogP contribution is 2.51. The van der Waals surface area contributed by atoms with Crippen molar-refractivity contribution in [3.63, 3.8) is 0 Å². The summed E-state index contributed by atoms with van der Waals surface area (Å²) in [4.78, 5) is 30.8. The number of fused-ring (bicyclic) bond motifs is 7. The lowest BCUT2D eigenvalue weighted by Gasteiger charge is -2.45. The first-order valence-corrected chi connectivity index (χ1v) is 17.6. The number of piperidine rings is 1. The lowest BCUT2D eigenvalue weighted by molar-refractivity contribution is -0.125. The number of dihydropyridines is 1. The third-order valence-corrected chi connectivity index (χ3v) is 12.6. The van der Waals surface area contributed by atoms with Crippen molar-refractivity contribution in [1.29, 1.82) is 0 Å². The fourth-order valence-corrected chi connectivity index (χ4v) is 10.4. The van der Waals surface area contributed by atoms with Gasteiger partial charge in [-0.05, 0) is 84.2 Å². The number of rotatable bonds is 4. The van der Waals surface area contributed by atoms with Gasteiger partial charge in [0.05, 0.1) is 24.6 Å². The van der Waals surface area contributed by atoms with E-state index in [-0.39, 0.29) is 40.6 Å². The fraction of sp³-hybridized carbons (Fsp3) is 0.485. The Bertz CT molecular complexity index is 1470. The second kappa shape index (κ2) is 13.0. The minimum absolute atomic E-state index is 0.0139. The molecule has 4 unspecified atom stereocenters. The normalized spacial score (nSPS) is 28.0. The Balaban J connectivity index is 1.46. The standard InChI is InChI=1S/C33H40N4O4S2/c1-3-21-4-6-25(38)15-29(39)22-5-7-26(27-16-30(40)31(41-2)14-23(27)12-22)24-13-28-32(36-17-24)35-9-8-33(28,43-42-18-21)19-37-11-10-34-20-37/h10-14,16-17,20-21,26,32,35-36,40H,3-9,15,18-19H2,1-2H3. The summed E-state index contributed by atoms with van der Waals surface area (Å²) < 4.78 is 7.45. The van der Waals surface area contributed by atoms with Crippen molar-refractivity contribution in [3.05, 3.63) is 71.0 Å². The van der Waals surface area contributed by atoms with Crippen LogP contribution in [0, 0.1) is 5.92 Å². The number of hydrogen-bond acceptors (Lipinski definition) is 9. The van der Waals surface area contributed by atoms with Crippen molar-refractivity contribution in [1.82, 2.24) is 20.2 Å². The molecule has 8 nitrogen and oxygen atoms in total. The maximum atomic E-state index is 13.5. The van der Waals surface area contributed by atoms with E-state index in [1.165, 1.54) is 12.7 Å². The van der Waals surface area contributed by atoms with Crippen LogP contribution in [0.2, 0.25) is 0 Å². The minimum atomic E-state index is -0.176. The van der Waals surface area contributed by atoms with Crippen LogP contribution >= 0.6 is 21.6 Å². The predicted molar refractivity (Wildman–Crippen MR) is 173 cm³/mol. The van der Waals surface area contributed by atoms with Gasteiger partial charge in [-0.15, -0.1) is 0 Å². The summed E-state index contributed by atoms with van der Waals surface area (Å²) in [5, 5.41) is 18.2. The van der Waals surface area contributed by atoms with E-state index in [9.17, 15) is 14.7 Å². The Morgan fingerprint density at radius 3 is 2.88 bits per heavy atom. The molecule has 2 aromatic rings. The van der Waals surface area contributed by atoms with Gasteiger partial charge in [-0.1, -0.05) is 41.0 Å². The van der Waals surface area contributed by atoms with Crippen molar-refractivity contribution < 1.29 is 19.4 Å². The van der Waals surface area contributed by atoms with Gasteiger partial charge in [-0.25, -0.2) is 4.98 Å². The van der Waals surface area contributed by atoms with Crippen molar-refractivity contribution in [2.45, 2.75) is 75.2 Å². The number of carbonyl (C=O) groups excluding carboxylic acids is 2. The van der Waals surface area contributed by atoms with Gasteiger partial charge in [0.2, 0.25) is 0 Å². The Kier molecular flexibility index (Phi) is 9.07. The number of allylic oxidation sites excluding steroid dienone is 3. The molecule has 1 aromatic heterocycles. The summed E-state index contributed by atoms with van der Waals surface area (Å²) in [5.41, 5.74) is 4.89. The average molecular weight is 621 g/mol. The van der Waals surface area contributed by atoms with Gasteiger partial charge in [0.25, 0.3) is 0 Å². The van der Waals surface area contributed by atoms with Gasteiger partial charge in [0.1, 0.15) is 11.9 Å². The summed E-state index contributed by atoms with van der Waals surface area (Å²) in [6.07, 6.45) is 16.5. The summed E-state index contributed by atoms with van der Waals surface area (Å²) in [5.74, 6) is 1.66. The summed E-state index contributed by atoms with van der Waals surface area (Å²) >= 11 is 0. The first-order valence-electron chi connectivity index (χ1n) is 15.2. The third-order valence-electron chi connectivity index (χ3n) is 9.29. The van der Waals surface area contributed by atoms with Crippen molar-refractivity contribution in [2.24, 2.45) is 5.92 Å². The SMILES string of the molecule is CCC1CCC(=O)CC(=O)C2=Cc3cc(OC)c(O)cc3C(CC2)C2=CNC3NCCC(Cn4ccnc4)(SSC1)C3=C2. The number of ether oxygens (including phenoxy) is 1. The molecule has 1 saturated heterocycles. The second-order valence-electron chi connectivity index (χ2n) is 12.0. The minimum Gasteiger partial charge on any atom is -0.504 e. The molecule has 4 aliphatic rings. The van der Waals surface area contributed by atoms with Crippen LogP contribution in [0.1, 0.15) is 68.9 Å². The lowest BCUT2D eigenvalue weighted by atomic mass is 9.80. The molecule has 4 atom stereocenters. The number of ketones is 2. The molecular weight excluding hydrogens is 581 g/mol. The topological polar surface area (TPSA) is 105 Å². The molecule has 3 aliphatic heterocycles. The van der Waals surface area contributed by atoms with E-state index in [0.717, 1.165) is 54.8 Å². The number of carbonyl (C=O) groups is 2. The summed E-state index contributed by atoms with van der Waals surface area (Å²) in [6.45, 7) is 3.89. The second-order valence-corrected chi connectivity index (χ2v) is 14.7. The van der Waals surface area contributed by atoms with E-state index >= 15 is 0 Å². The van der Waals surface area contributed by atoms with Gasteiger partial charge >= 0.3 is 0 Å². The lowest BCUT2D eigenvalue weighted by Crippen LogP contribution is -2.56. The van der Waals surface area contributed by atoms with Gasteiger partial charge in [0, 0.05) is 43.2 Å². The molecule has 1 aromatic carbocycles. The molecule has 43 heavy (non-hydrogen) atoms. The number of methoxy groups -OCH3 is 1. The van der Waals surface area contributed by atoms with Gasteiger partial charge < -0.3 is 19.7 Å². The molecule has 4 bridgehead atoms. The zero-order chi connectivity index (χ0) is 30.0. The zero-order valence-corrected chi connectivity index (χ0v) is 26.4. The predicted octanol–water partition coefficient (Wildman–Crippen LogP) is 5.76. The molecule has 0 amide bonds. The molecule has 0 saturated carbocycles. The van der Waals surface area contributed by atoms with Crippen LogP contribution in [0.5, 0.6) is 11.5 Å². The summed E-state index contributed by atoms with van der Waals surface area (Å²) in [6, 6.07) is 3.60. The Labute approximate surface area is 261 Å². The van der Waals surface area contributed by atoms with E-state index in [2.05, 4.69) is 39.4 Å². The van der Waals surface area contributed by atoms with E-state index in [0.29, 0.717) is 36.5 Å². The monoisotopic (exact) mass is 620 g/mol. The number of Topliss-reactive ketones (excluding diaryl/α,β-unsaturated/α-hetero) is 2. The number of nitrogens with one attached hydrogen (secondary N) is 2. The zero-order valence-electron chi connectivity index (χ0n) is 24.8. The number of phenolic OH excluding ortho intramolecular Hbond substituents is 1. The van der Waals surface area contributed by atoms with Crippen LogP contribution in [0.25, 0.3) is 6.08 Å². The number of aromatic nitrogens is 2. The number of aromatic hydroxyl groups is 1. The molecule has 228 valence electrons. The van der Waals surface area contributed by atoms with Gasteiger partial charge in [0.15, 0.2) is 17.3 Å². The first-order chi connectivity index (χ1) is 20.9. The van der Waals surface area contributed by atoms with Gasteiger partial charge in [-0.2, -0.15) is 0 Å². The highest BCUT2D eigenvalue weighted by molar-refractivity contribution is 8.77. The van der Waals surface area contributed by atoms with Gasteiger partial charge in [-0.3, -0.25) is 14.9 Å². The number of benzene rings is 1. The van der Waals surface area contributed by atoms with Crippen LogP contribution in [0.3, 0.4) is 0 Å². The molecule has 6 rings (SSSR count). The number of imidazole rings is 1. The number of phenols is 1. The molecule has 10 heteroatoms. The fourth-order valence-electron chi connectivity index (χ4n) is 6.73. The molecule has 3 N–H and O–H groups in total. The van der Waals surface area contributed by atoms with Crippen LogP contribution < -0.4 is 15.4 Å². The van der Waals surface area contributed by atoms with Crippen LogP contribution in [0.4, 0.5) is 0 Å².